The van der Waals surface area contributed by atoms with Crippen molar-refractivity contribution in [2.24, 2.45) is 5.10 Å². The number of nitro groups is 1. The highest BCUT2D eigenvalue weighted by Crippen LogP contribution is 2.29. The van der Waals surface area contributed by atoms with Gasteiger partial charge in [-0.1, -0.05) is 54.6 Å². The zero-order valence-corrected chi connectivity index (χ0v) is 18.8. The molecule has 0 aliphatic carbocycles. The predicted molar refractivity (Wildman–Crippen MR) is 132 cm³/mol. The fraction of sp³-hybridized carbons (Fsp3) is 0. The van der Waals surface area contributed by atoms with Gasteiger partial charge in [-0.3, -0.25) is 20.3 Å². The molecule has 4 aromatic carbocycles. The van der Waals surface area contributed by atoms with Gasteiger partial charge in [-0.05, 0) is 35.0 Å². The predicted octanol–water partition coefficient (Wildman–Crippen LogP) is 4.69. The lowest BCUT2D eigenvalue weighted by molar-refractivity contribution is -0.384. The maximum Gasteiger partial charge on any atom is 0.337 e. The number of sulfonamides is 1. The van der Waals surface area contributed by atoms with Gasteiger partial charge in [-0.15, -0.1) is 0 Å². The first-order chi connectivity index (χ1) is 16.8. The lowest BCUT2D eigenvalue weighted by Crippen LogP contribution is -2.16. The number of nitro benzene ring substituents is 1. The summed E-state index contributed by atoms with van der Waals surface area (Å²) < 4.78 is 27.8. The average molecular weight is 490 g/mol. The van der Waals surface area contributed by atoms with Crippen molar-refractivity contribution in [2.75, 3.05) is 10.1 Å². The summed E-state index contributed by atoms with van der Waals surface area (Å²) in [6.07, 6.45) is 1.51. The Kier molecular flexibility index (Phi) is 6.42. The monoisotopic (exact) mass is 490 g/mol. The molecular weight excluding hydrogens is 472 g/mol. The van der Waals surface area contributed by atoms with Crippen LogP contribution in [0.2, 0.25) is 0 Å². The summed E-state index contributed by atoms with van der Waals surface area (Å²) in [5.41, 5.74) is 2.43. The van der Waals surface area contributed by atoms with E-state index in [1.54, 1.807) is 0 Å². The topological polar surface area (TPSA) is 151 Å². The number of hydrogen-bond donors (Lipinski definition) is 3. The summed E-state index contributed by atoms with van der Waals surface area (Å²) in [6.45, 7) is 0. The van der Waals surface area contributed by atoms with Gasteiger partial charge in [0.1, 0.15) is 5.69 Å². The molecule has 0 radical (unpaired) electrons. The number of benzene rings is 4. The molecular formula is C24H18N4O6S. The SMILES string of the molecule is O=C(O)c1ccccc1NS(=O)(=O)c1ccc(N/N=C/c2cccc3ccccc23)c([N+](=O)[O-])c1. The second-order valence-corrected chi connectivity index (χ2v) is 9.01. The first-order valence-electron chi connectivity index (χ1n) is 10.2. The first kappa shape index (κ1) is 23.4. The molecule has 0 amide bonds. The molecule has 3 N–H and O–H groups in total. The normalized spacial score (nSPS) is 11.4. The van der Waals surface area contributed by atoms with E-state index in [0.29, 0.717) is 0 Å². The fourth-order valence-electron chi connectivity index (χ4n) is 3.42. The van der Waals surface area contributed by atoms with Crippen LogP contribution in [-0.4, -0.2) is 30.6 Å². The number of nitrogens with one attached hydrogen (secondary N) is 2. The summed E-state index contributed by atoms with van der Waals surface area (Å²) in [5, 5.41) is 26.9. The fourth-order valence-corrected chi connectivity index (χ4v) is 4.52. The van der Waals surface area contributed by atoms with E-state index >= 15 is 0 Å². The lowest BCUT2D eigenvalue weighted by Gasteiger charge is -2.11. The van der Waals surface area contributed by atoms with Crippen LogP contribution in [-0.2, 0) is 10.0 Å². The Morgan fingerprint density at radius 1 is 0.943 bits per heavy atom. The molecule has 4 aromatic rings. The standard InChI is InChI=1S/C24H18N4O6S/c29-24(30)20-10-3-4-11-21(20)27-35(33,34)18-12-13-22(23(14-18)28(31)32)26-25-15-17-8-5-7-16-6-1-2-9-19(16)17/h1-15,26-27H,(H,29,30)/b25-15+. The van der Waals surface area contributed by atoms with Crippen LogP contribution >= 0.6 is 0 Å². The van der Waals surface area contributed by atoms with E-state index < -0.39 is 31.5 Å². The molecule has 35 heavy (non-hydrogen) atoms. The number of carboxylic acids is 1. The van der Waals surface area contributed by atoms with Crippen LogP contribution in [0.15, 0.2) is 94.9 Å². The van der Waals surface area contributed by atoms with Crippen molar-refractivity contribution in [2.45, 2.75) is 4.90 Å². The van der Waals surface area contributed by atoms with Crippen molar-refractivity contribution in [1.29, 1.82) is 0 Å². The van der Waals surface area contributed by atoms with E-state index in [1.165, 1.54) is 36.5 Å². The van der Waals surface area contributed by atoms with Crippen LogP contribution in [0.4, 0.5) is 17.1 Å². The minimum Gasteiger partial charge on any atom is -0.478 e. The summed E-state index contributed by atoms with van der Waals surface area (Å²) in [7, 11) is -4.31. The Morgan fingerprint density at radius 3 is 2.43 bits per heavy atom. The molecule has 0 aliphatic heterocycles. The van der Waals surface area contributed by atoms with E-state index in [9.17, 15) is 28.4 Å². The Balaban J connectivity index is 1.61. The van der Waals surface area contributed by atoms with E-state index in [-0.39, 0.29) is 16.9 Å². The molecule has 0 heterocycles. The van der Waals surface area contributed by atoms with Crippen molar-refractivity contribution in [1.82, 2.24) is 0 Å². The minimum atomic E-state index is -4.31. The number of carboxylic acid groups (broad SMARTS) is 1. The van der Waals surface area contributed by atoms with Gasteiger partial charge in [0.05, 0.1) is 27.3 Å². The average Bonchev–Trinajstić information content (AvgIpc) is 2.84. The number of anilines is 2. The van der Waals surface area contributed by atoms with Gasteiger partial charge < -0.3 is 5.11 Å². The molecule has 0 atom stereocenters. The smallest absolute Gasteiger partial charge is 0.337 e. The minimum absolute atomic E-state index is 0.0172. The van der Waals surface area contributed by atoms with Crippen molar-refractivity contribution >= 4 is 50.0 Å². The van der Waals surface area contributed by atoms with Crippen LogP contribution < -0.4 is 10.1 Å². The van der Waals surface area contributed by atoms with Gasteiger partial charge in [0.25, 0.3) is 15.7 Å². The molecule has 0 bridgehead atoms. The van der Waals surface area contributed by atoms with Crippen LogP contribution in [0.1, 0.15) is 15.9 Å². The third-order valence-corrected chi connectivity index (χ3v) is 6.45. The number of fused-ring (bicyclic) bond motifs is 1. The zero-order chi connectivity index (χ0) is 25.0. The Hall–Kier alpha value is -4.77. The van der Waals surface area contributed by atoms with Gasteiger partial charge in [0.2, 0.25) is 0 Å². The Morgan fingerprint density at radius 2 is 1.66 bits per heavy atom. The third kappa shape index (κ3) is 5.09. The van der Waals surface area contributed by atoms with Gasteiger partial charge in [0.15, 0.2) is 0 Å². The van der Waals surface area contributed by atoms with E-state index in [1.807, 2.05) is 42.5 Å². The summed E-state index contributed by atoms with van der Waals surface area (Å²) in [4.78, 5) is 21.8. The third-order valence-electron chi connectivity index (χ3n) is 5.09. The molecule has 0 aromatic heterocycles. The van der Waals surface area contributed by atoms with Crippen molar-refractivity contribution in [3.05, 3.63) is 106 Å². The largest absolute Gasteiger partial charge is 0.478 e. The molecule has 11 heteroatoms. The van der Waals surface area contributed by atoms with Gasteiger partial charge in [0, 0.05) is 11.6 Å². The van der Waals surface area contributed by atoms with Crippen molar-refractivity contribution in [3.8, 4) is 0 Å². The zero-order valence-electron chi connectivity index (χ0n) is 18.0. The van der Waals surface area contributed by atoms with E-state index in [2.05, 4.69) is 15.2 Å². The summed E-state index contributed by atoms with van der Waals surface area (Å²) >= 11 is 0. The second kappa shape index (κ2) is 9.61. The number of rotatable bonds is 8. The maximum absolute atomic E-state index is 12.8. The lowest BCUT2D eigenvalue weighted by atomic mass is 10.1. The molecule has 0 saturated heterocycles. The number of para-hydroxylation sites is 1. The summed E-state index contributed by atoms with van der Waals surface area (Å²) in [6, 6.07) is 22.0. The number of carbonyl (C=O) groups is 1. The van der Waals surface area contributed by atoms with Gasteiger partial charge in [-0.2, -0.15) is 5.10 Å². The van der Waals surface area contributed by atoms with E-state index in [4.69, 9.17) is 0 Å². The molecule has 0 spiro atoms. The Labute approximate surface area is 199 Å². The van der Waals surface area contributed by atoms with Crippen LogP contribution in [0.25, 0.3) is 10.8 Å². The molecule has 0 unspecified atom stereocenters. The van der Waals surface area contributed by atoms with Crippen LogP contribution in [0, 0.1) is 10.1 Å². The first-order valence-corrected chi connectivity index (χ1v) is 11.6. The van der Waals surface area contributed by atoms with Crippen LogP contribution in [0.5, 0.6) is 0 Å². The van der Waals surface area contributed by atoms with Crippen molar-refractivity contribution < 1.29 is 23.2 Å². The Bertz CT molecular complexity index is 1580. The highest BCUT2D eigenvalue weighted by Gasteiger charge is 2.23. The maximum atomic E-state index is 12.8. The number of aromatic carboxylic acids is 1. The highest BCUT2D eigenvalue weighted by atomic mass is 32.2. The number of hydrogen-bond acceptors (Lipinski definition) is 7. The molecule has 176 valence electrons. The van der Waals surface area contributed by atoms with Crippen molar-refractivity contribution in [3.63, 3.8) is 0 Å². The molecule has 0 fully saturated rings. The second-order valence-electron chi connectivity index (χ2n) is 7.33. The number of hydrazone groups is 1. The summed E-state index contributed by atoms with van der Waals surface area (Å²) in [5.74, 6) is -1.32. The highest BCUT2D eigenvalue weighted by molar-refractivity contribution is 7.92. The molecule has 4 rings (SSSR count). The van der Waals surface area contributed by atoms with E-state index in [0.717, 1.165) is 28.5 Å². The van der Waals surface area contributed by atoms with Gasteiger partial charge >= 0.3 is 5.97 Å². The molecule has 10 nitrogen and oxygen atoms in total. The molecule has 0 aliphatic rings. The van der Waals surface area contributed by atoms with Crippen LogP contribution in [0.3, 0.4) is 0 Å². The van der Waals surface area contributed by atoms with Gasteiger partial charge in [-0.25, -0.2) is 13.2 Å². The number of nitrogens with zero attached hydrogens (tertiary/aromatic N) is 2. The quantitative estimate of drug-likeness (QED) is 0.184. The molecule has 0 saturated carbocycles.